The Balaban J connectivity index is 2.01. The van der Waals surface area contributed by atoms with Crippen LogP contribution < -0.4 is 9.47 Å². The van der Waals surface area contributed by atoms with E-state index in [-0.39, 0.29) is 19.0 Å². The summed E-state index contributed by atoms with van der Waals surface area (Å²) in [5, 5.41) is 8.81. The van der Waals surface area contributed by atoms with Crippen molar-refractivity contribution in [2.24, 2.45) is 0 Å². The van der Waals surface area contributed by atoms with Gasteiger partial charge in [0, 0.05) is 5.56 Å². The molecule has 0 unspecified atom stereocenters. The Morgan fingerprint density at radius 1 is 1.25 bits per heavy atom. The first-order valence-corrected chi connectivity index (χ1v) is 5.95. The predicted octanol–water partition coefficient (Wildman–Crippen LogP) is 1.20. The lowest BCUT2D eigenvalue weighted by Crippen LogP contribution is -2.08. The largest absolute Gasteiger partial charge is 0.481 e. The minimum Gasteiger partial charge on any atom is -0.481 e. The summed E-state index contributed by atoms with van der Waals surface area (Å²) in [6, 6.07) is 5.34. The predicted molar refractivity (Wildman–Crippen MR) is 67.5 cm³/mol. The summed E-state index contributed by atoms with van der Waals surface area (Å²) >= 11 is 0. The van der Waals surface area contributed by atoms with Crippen LogP contribution in [-0.2, 0) is 11.2 Å². The van der Waals surface area contributed by atoms with Gasteiger partial charge in [0.25, 0.3) is 0 Å². The first-order chi connectivity index (χ1) is 9.61. The van der Waals surface area contributed by atoms with Crippen LogP contribution in [0.5, 0.6) is 11.5 Å². The maximum absolute atomic E-state index is 10.7. The van der Waals surface area contributed by atoms with Gasteiger partial charge in [0.2, 0.25) is 6.79 Å². The van der Waals surface area contributed by atoms with Crippen molar-refractivity contribution >= 4 is 5.97 Å². The molecular formula is C13H11N3O4. The molecule has 0 saturated carbocycles. The van der Waals surface area contributed by atoms with E-state index in [0.717, 1.165) is 5.56 Å². The number of aliphatic carboxylic acids is 1. The van der Waals surface area contributed by atoms with Crippen molar-refractivity contribution in [1.29, 1.82) is 0 Å². The first-order valence-electron chi connectivity index (χ1n) is 5.95. The fourth-order valence-electron chi connectivity index (χ4n) is 1.92. The van der Waals surface area contributed by atoms with Crippen LogP contribution in [0.15, 0.2) is 18.2 Å². The molecule has 0 atom stereocenters. The molecule has 2 heterocycles. The van der Waals surface area contributed by atoms with Crippen LogP contribution in [0.1, 0.15) is 11.6 Å². The number of carboxylic acid groups (broad SMARTS) is 1. The van der Waals surface area contributed by atoms with Gasteiger partial charge in [-0.1, -0.05) is 0 Å². The van der Waals surface area contributed by atoms with Crippen molar-refractivity contribution in [3.63, 3.8) is 0 Å². The summed E-state index contributed by atoms with van der Waals surface area (Å²) in [6.45, 7) is 1.89. The zero-order valence-corrected chi connectivity index (χ0v) is 10.7. The fraction of sp³-hybridized carbons (Fsp3) is 0.231. The van der Waals surface area contributed by atoms with Gasteiger partial charge in [-0.25, -0.2) is 15.0 Å². The lowest BCUT2D eigenvalue weighted by Gasteiger charge is -2.05. The van der Waals surface area contributed by atoms with Crippen LogP contribution in [0.4, 0.5) is 0 Å². The molecule has 1 N–H and O–H groups in total. The molecule has 7 heteroatoms. The van der Waals surface area contributed by atoms with E-state index >= 15 is 0 Å². The number of fused-ring (bicyclic) bond motifs is 1. The zero-order chi connectivity index (χ0) is 14.1. The van der Waals surface area contributed by atoms with Crippen LogP contribution in [0, 0.1) is 6.92 Å². The first kappa shape index (κ1) is 12.3. The maximum atomic E-state index is 10.7. The highest BCUT2D eigenvalue weighted by molar-refractivity contribution is 5.69. The summed E-state index contributed by atoms with van der Waals surface area (Å²) < 4.78 is 10.5. The minimum absolute atomic E-state index is 0.194. The molecule has 0 bridgehead atoms. The van der Waals surface area contributed by atoms with Gasteiger partial charge in [0.05, 0.1) is 0 Å². The summed E-state index contributed by atoms with van der Waals surface area (Å²) in [6.07, 6.45) is -0.235. The van der Waals surface area contributed by atoms with Crippen molar-refractivity contribution < 1.29 is 19.4 Å². The van der Waals surface area contributed by atoms with Gasteiger partial charge in [-0.3, -0.25) is 4.79 Å². The molecule has 1 aliphatic heterocycles. The second kappa shape index (κ2) is 4.76. The van der Waals surface area contributed by atoms with E-state index < -0.39 is 5.97 Å². The molecular weight excluding hydrogens is 262 g/mol. The molecule has 20 heavy (non-hydrogen) atoms. The summed E-state index contributed by atoms with van der Waals surface area (Å²) in [7, 11) is 0. The number of ether oxygens (including phenoxy) is 2. The molecule has 3 rings (SSSR count). The van der Waals surface area contributed by atoms with E-state index in [9.17, 15) is 4.79 Å². The summed E-state index contributed by atoms with van der Waals surface area (Å²) in [5.41, 5.74) is 0.728. The van der Waals surface area contributed by atoms with Crippen molar-refractivity contribution in [2.75, 3.05) is 6.79 Å². The number of nitrogens with zero attached hydrogens (tertiary/aromatic N) is 3. The number of carboxylic acids is 1. The normalized spacial score (nSPS) is 12.4. The zero-order valence-electron chi connectivity index (χ0n) is 10.7. The van der Waals surface area contributed by atoms with Crippen LogP contribution in [0.2, 0.25) is 0 Å². The number of hydrogen-bond donors (Lipinski definition) is 1. The number of hydrogen-bond acceptors (Lipinski definition) is 6. The quantitative estimate of drug-likeness (QED) is 0.897. The van der Waals surface area contributed by atoms with Crippen LogP contribution in [0.25, 0.3) is 11.4 Å². The van der Waals surface area contributed by atoms with Crippen molar-refractivity contribution in [3.8, 4) is 22.9 Å². The molecule has 102 valence electrons. The van der Waals surface area contributed by atoms with Crippen molar-refractivity contribution in [3.05, 3.63) is 29.8 Å². The molecule has 0 spiro atoms. The Bertz CT molecular complexity index is 687. The van der Waals surface area contributed by atoms with E-state index in [4.69, 9.17) is 14.6 Å². The van der Waals surface area contributed by atoms with Gasteiger partial charge in [-0.05, 0) is 25.1 Å². The smallest absolute Gasteiger partial charge is 0.311 e. The van der Waals surface area contributed by atoms with E-state index in [0.29, 0.717) is 23.1 Å². The Hall–Kier alpha value is -2.70. The standard InChI is InChI=1S/C13H11N3O4/c1-7-14-11(5-12(17)18)16-13(15-7)8-2-3-9-10(4-8)20-6-19-9/h2-4H,5-6H2,1H3,(H,17,18). The van der Waals surface area contributed by atoms with Crippen LogP contribution >= 0.6 is 0 Å². The van der Waals surface area contributed by atoms with Crippen molar-refractivity contribution in [2.45, 2.75) is 13.3 Å². The Labute approximate surface area is 114 Å². The van der Waals surface area contributed by atoms with Gasteiger partial charge in [0.15, 0.2) is 17.3 Å². The molecule has 2 aromatic rings. The third-order valence-corrected chi connectivity index (χ3v) is 2.73. The average Bonchev–Trinajstić information content (AvgIpc) is 2.84. The lowest BCUT2D eigenvalue weighted by atomic mass is 10.2. The number of rotatable bonds is 3. The molecule has 1 aromatic heterocycles. The van der Waals surface area contributed by atoms with Gasteiger partial charge >= 0.3 is 5.97 Å². The Morgan fingerprint density at radius 3 is 2.85 bits per heavy atom. The maximum Gasteiger partial charge on any atom is 0.311 e. The van der Waals surface area contributed by atoms with Gasteiger partial charge in [-0.2, -0.15) is 0 Å². The average molecular weight is 273 g/mol. The number of aryl methyl sites for hydroxylation is 1. The Kier molecular flexibility index (Phi) is 2.94. The third-order valence-electron chi connectivity index (χ3n) is 2.73. The highest BCUT2D eigenvalue weighted by Crippen LogP contribution is 2.34. The Morgan fingerprint density at radius 2 is 2.05 bits per heavy atom. The minimum atomic E-state index is -0.979. The lowest BCUT2D eigenvalue weighted by molar-refractivity contribution is -0.136. The van der Waals surface area contributed by atoms with Crippen LogP contribution in [0.3, 0.4) is 0 Å². The topological polar surface area (TPSA) is 94.4 Å². The molecule has 7 nitrogen and oxygen atoms in total. The fourth-order valence-corrected chi connectivity index (χ4v) is 1.92. The van der Waals surface area contributed by atoms with Gasteiger partial charge in [-0.15, -0.1) is 0 Å². The summed E-state index contributed by atoms with van der Waals surface area (Å²) in [5.74, 6) is 1.45. The molecule has 0 fully saturated rings. The van der Waals surface area contributed by atoms with E-state index in [1.165, 1.54) is 0 Å². The monoisotopic (exact) mass is 273 g/mol. The number of aromatic nitrogens is 3. The van der Waals surface area contributed by atoms with E-state index in [1.807, 2.05) is 0 Å². The number of benzene rings is 1. The molecule has 0 aliphatic carbocycles. The molecule has 1 aromatic carbocycles. The highest BCUT2D eigenvalue weighted by Gasteiger charge is 2.16. The molecule has 0 amide bonds. The highest BCUT2D eigenvalue weighted by atomic mass is 16.7. The second-order valence-electron chi connectivity index (χ2n) is 4.26. The summed E-state index contributed by atoms with van der Waals surface area (Å²) in [4.78, 5) is 23.2. The van der Waals surface area contributed by atoms with E-state index in [1.54, 1.807) is 25.1 Å². The van der Waals surface area contributed by atoms with Crippen molar-refractivity contribution in [1.82, 2.24) is 15.0 Å². The molecule has 1 aliphatic rings. The third kappa shape index (κ3) is 2.37. The van der Waals surface area contributed by atoms with E-state index in [2.05, 4.69) is 15.0 Å². The van der Waals surface area contributed by atoms with Crippen LogP contribution in [-0.4, -0.2) is 32.8 Å². The van der Waals surface area contributed by atoms with Gasteiger partial charge in [0.1, 0.15) is 18.1 Å². The molecule has 0 saturated heterocycles. The molecule has 0 radical (unpaired) electrons. The SMILES string of the molecule is Cc1nc(CC(=O)O)nc(-c2ccc3c(c2)OCO3)n1. The van der Waals surface area contributed by atoms with Gasteiger partial charge < -0.3 is 14.6 Å². The second-order valence-corrected chi connectivity index (χ2v) is 4.26. The number of carbonyl (C=O) groups is 1.